The van der Waals surface area contributed by atoms with Gasteiger partial charge in [-0.25, -0.2) is 18.1 Å². The van der Waals surface area contributed by atoms with Gasteiger partial charge in [0.1, 0.15) is 11.3 Å². The van der Waals surface area contributed by atoms with E-state index in [2.05, 4.69) is 9.71 Å². The summed E-state index contributed by atoms with van der Waals surface area (Å²) in [6.45, 7) is 2.62. The molecule has 0 saturated heterocycles. The van der Waals surface area contributed by atoms with Gasteiger partial charge < -0.3 is 9.15 Å². The molecule has 3 aromatic rings. The topological polar surface area (TPSA) is 81.4 Å². The van der Waals surface area contributed by atoms with Gasteiger partial charge in [-0.2, -0.15) is 0 Å². The van der Waals surface area contributed by atoms with Gasteiger partial charge in [0.2, 0.25) is 10.0 Å². The van der Waals surface area contributed by atoms with Crippen LogP contribution in [-0.2, 0) is 16.4 Å². The fourth-order valence-corrected chi connectivity index (χ4v) is 3.32. The number of benzene rings is 2. The number of rotatable bonds is 7. The summed E-state index contributed by atoms with van der Waals surface area (Å²) in [5.74, 6) is 1.15. The highest BCUT2D eigenvalue weighted by molar-refractivity contribution is 7.89. The molecule has 126 valence electrons. The SMILES string of the molecule is CCOc1ccc(S(=O)(=O)NCCc2nc3ccccc3o2)cc1. The van der Waals surface area contributed by atoms with E-state index in [0.29, 0.717) is 30.3 Å². The lowest BCUT2D eigenvalue weighted by Gasteiger charge is -2.07. The van der Waals surface area contributed by atoms with Crippen molar-refractivity contribution in [2.75, 3.05) is 13.2 Å². The lowest BCUT2D eigenvalue weighted by molar-refractivity contribution is 0.340. The number of aromatic nitrogens is 1. The third kappa shape index (κ3) is 3.74. The average molecular weight is 346 g/mol. The molecule has 2 aromatic carbocycles. The Hall–Kier alpha value is -2.38. The predicted octanol–water partition coefficient (Wildman–Crippen LogP) is 2.75. The van der Waals surface area contributed by atoms with Gasteiger partial charge in [-0.3, -0.25) is 0 Å². The largest absolute Gasteiger partial charge is 0.494 e. The predicted molar refractivity (Wildman–Crippen MR) is 90.5 cm³/mol. The number of sulfonamides is 1. The summed E-state index contributed by atoms with van der Waals surface area (Å²) in [6.07, 6.45) is 0.380. The van der Waals surface area contributed by atoms with Crippen molar-refractivity contribution >= 4 is 21.1 Å². The van der Waals surface area contributed by atoms with Crippen molar-refractivity contribution < 1.29 is 17.6 Å². The van der Waals surface area contributed by atoms with Crippen molar-refractivity contribution in [1.29, 1.82) is 0 Å². The van der Waals surface area contributed by atoms with Crippen LogP contribution in [0.3, 0.4) is 0 Å². The highest BCUT2D eigenvalue weighted by atomic mass is 32.2. The van der Waals surface area contributed by atoms with Crippen LogP contribution in [0.5, 0.6) is 5.75 Å². The molecule has 0 saturated carbocycles. The molecule has 1 heterocycles. The van der Waals surface area contributed by atoms with E-state index in [9.17, 15) is 8.42 Å². The Kier molecular flexibility index (Phi) is 4.82. The maximum atomic E-state index is 12.3. The maximum Gasteiger partial charge on any atom is 0.240 e. The van der Waals surface area contributed by atoms with E-state index in [1.165, 1.54) is 12.1 Å². The first-order chi connectivity index (χ1) is 11.6. The Labute approximate surface area is 140 Å². The van der Waals surface area contributed by atoms with Gasteiger partial charge >= 0.3 is 0 Å². The van der Waals surface area contributed by atoms with Crippen LogP contribution in [0.25, 0.3) is 11.1 Å². The van der Waals surface area contributed by atoms with Gasteiger partial charge in [0.25, 0.3) is 0 Å². The van der Waals surface area contributed by atoms with E-state index in [4.69, 9.17) is 9.15 Å². The van der Waals surface area contributed by atoms with Crippen LogP contribution in [0, 0.1) is 0 Å². The van der Waals surface area contributed by atoms with Crippen LogP contribution in [0.15, 0.2) is 57.8 Å². The molecule has 0 unspecified atom stereocenters. The minimum absolute atomic E-state index is 0.198. The van der Waals surface area contributed by atoms with Crippen molar-refractivity contribution in [3.63, 3.8) is 0 Å². The molecule has 0 fully saturated rings. The highest BCUT2D eigenvalue weighted by Gasteiger charge is 2.14. The molecule has 0 spiro atoms. The summed E-state index contributed by atoms with van der Waals surface area (Å²) in [6, 6.07) is 13.7. The zero-order chi connectivity index (χ0) is 17.0. The highest BCUT2D eigenvalue weighted by Crippen LogP contribution is 2.17. The van der Waals surface area contributed by atoms with Gasteiger partial charge in [-0.15, -0.1) is 0 Å². The molecule has 24 heavy (non-hydrogen) atoms. The monoisotopic (exact) mass is 346 g/mol. The van der Waals surface area contributed by atoms with Crippen molar-refractivity contribution in [3.8, 4) is 5.75 Å². The molecule has 0 amide bonds. The van der Waals surface area contributed by atoms with Crippen LogP contribution in [0.1, 0.15) is 12.8 Å². The number of para-hydroxylation sites is 2. The van der Waals surface area contributed by atoms with E-state index in [-0.39, 0.29) is 11.4 Å². The normalized spacial score (nSPS) is 11.7. The number of hydrogen-bond donors (Lipinski definition) is 1. The summed E-state index contributed by atoms with van der Waals surface area (Å²) in [5, 5.41) is 0. The second-order valence-corrected chi connectivity index (χ2v) is 6.89. The molecule has 0 aliphatic heterocycles. The van der Waals surface area contributed by atoms with Crippen molar-refractivity contribution in [1.82, 2.24) is 9.71 Å². The lowest BCUT2D eigenvalue weighted by atomic mass is 10.3. The molecule has 1 N–H and O–H groups in total. The summed E-state index contributed by atoms with van der Waals surface area (Å²) >= 11 is 0. The first-order valence-electron chi connectivity index (χ1n) is 7.65. The van der Waals surface area contributed by atoms with Gasteiger partial charge in [-0.05, 0) is 43.3 Å². The van der Waals surface area contributed by atoms with Crippen molar-refractivity contribution in [3.05, 3.63) is 54.4 Å². The number of ether oxygens (including phenoxy) is 1. The zero-order valence-electron chi connectivity index (χ0n) is 13.2. The first-order valence-corrected chi connectivity index (χ1v) is 9.14. The Bertz CT molecular complexity index is 884. The summed E-state index contributed by atoms with van der Waals surface area (Å²) < 4.78 is 37.9. The van der Waals surface area contributed by atoms with Crippen molar-refractivity contribution in [2.24, 2.45) is 0 Å². The van der Waals surface area contributed by atoms with Gasteiger partial charge in [0.15, 0.2) is 11.5 Å². The summed E-state index contributed by atoms with van der Waals surface area (Å²) in [4.78, 5) is 4.52. The van der Waals surface area contributed by atoms with E-state index in [1.54, 1.807) is 12.1 Å². The van der Waals surface area contributed by atoms with Crippen molar-refractivity contribution in [2.45, 2.75) is 18.2 Å². The quantitative estimate of drug-likeness (QED) is 0.711. The molecule has 0 aliphatic carbocycles. The van der Waals surface area contributed by atoms with Crippen LogP contribution in [-0.4, -0.2) is 26.6 Å². The lowest BCUT2D eigenvalue weighted by Crippen LogP contribution is -2.26. The van der Waals surface area contributed by atoms with Gasteiger partial charge in [0, 0.05) is 13.0 Å². The molecular formula is C17H18N2O4S. The second kappa shape index (κ2) is 7.02. The third-order valence-corrected chi connectivity index (χ3v) is 4.89. The van der Waals surface area contributed by atoms with E-state index < -0.39 is 10.0 Å². The zero-order valence-corrected chi connectivity index (χ0v) is 14.0. The molecule has 3 rings (SSSR count). The molecule has 0 aliphatic rings. The number of hydrogen-bond acceptors (Lipinski definition) is 5. The Morgan fingerprint density at radius 3 is 2.58 bits per heavy atom. The van der Waals surface area contributed by atoms with Gasteiger partial charge in [-0.1, -0.05) is 12.1 Å². The first kappa shape index (κ1) is 16.5. The molecule has 0 bridgehead atoms. The number of nitrogens with one attached hydrogen (secondary N) is 1. The number of oxazole rings is 1. The fraction of sp³-hybridized carbons (Fsp3) is 0.235. The summed E-state index contributed by atoms with van der Waals surface area (Å²) in [5.41, 5.74) is 1.46. The third-order valence-electron chi connectivity index (χ3n) is 3.41. The second-order valence-electron chi connectivity index (χ2n) is 5.13. The summed E-state index contributed by atoms with van der Waals surface area (Å²) in [7, 11) is -3.57. The number of fused-ring (bicyclic) bond motifs is 1. The Balaban J connectivity index is 1.62. The molecule has 0 atom stereocenters. The van der Waals surface area contributed by atoms with Crippen LogP contribution in [0.4, 0.5) is 0 Å². The molecule has 0 radical (unpaired) electrons. The van der Waals surface area contributed by atoms with Crippen LogP contribution < -0.4 is 9.46 Å². The molecule has 6 nitrogen and oxygen atoms in total. The average Bonchev–Trinajstić information content (AvgIpc) is 2.98. The Morgan fingerprint density at radius 2 is 1.88 bits per heavy atom. The van der Waals surface area contributed by atoms with E-state index in [1.807, 2.05) is 31.2 Å². The van der Waals surface area contributed by atoms with E-state index >= 15 is 0 Å². The maximum absolute atomic E-state index is 12.3. The number of nitrogens with zero attached hydrogens (tertiary/aromatic N) is 1. The molecule has 1 aromatic heterocycles. The molecule has 7 heteroatoms. The molecular weight excluding hydrogens is 328 g/mol. The minimum atomic E-state index is -3.57. The standard InChI is InChI=1S/C17H18N2O4S/c1-2-22-13-7-9-14(10-8-13)24(20,21)18-12-11-17-19-15-5-3-4-6-16(15)23-17/h3-10,18H,2,11-12H2,1H3. The van der Waals surface area contributed by atoms with Crippen LogP contribution >= 0.6 is 0 Å². The van der Waals surface area contributed by atoms with Crippen LogP contribution in [0.2, 0.25) is 0 Å². The van der Waals surface area contributed by atoms with Gasteiger partial charge in [0.05, 0.1) is 11.5 Å². The Morgan fingerprint density at radius 1 is 1.12 bits per heavy atom. The minimum Gasteiger partial charge on any atom is -0.494 e. The van der Waals surface area contributed by atoms with E-state index in [0.717, 1.165) is 5.52 Å². The fourth-order valence-electron chi connectivity index (χ4n) is 2.28. The smallest absolute Gasteiger partial charge is 0.240 e.